The van der Waals surface area contributed by atoms with Crippen molar-refractivity contribution in [1.82, 2.24) is 4.98 Å². The van der Waals surface area contributed by atoms with Gasteiger partial charge in [-0.05, 0) is 12.1 Å². The molecule has 0 atom stereocenters. The Kier molecular flexibility index (Phi) is 3.85. The largest absolute Gasteiger partial charge is 0.394 e. The molecule has 0 unspecified atom stereocenters. The van der Waals surface area contributed by atoms with E-state index < -0.39 is 6.04 Å². The minimum atomic E-state index is -0.448. The molecule has 0 aliphatic carbocycles. The van der Waals surface area contributed by atoms with E-state index in [2.05, 4.69) is 10.3 Å². The van der Waals surface area contributed by atoms with E-state index in [0.29, 0.717) is 11.5 Å². The zero-order chi connectivity index (χ0) is 10.4. The summed E-state index contributed by atoms with van der Waals surface area (Å²) in [5, 5.41) is 29.0. The first kappa shape index (κ1) is 10.4. The molecule has 0 aliphatic rings. The Morgan fingerprint density at radius 3 is 2.71 bits per heavy atom. The minimum Gasteiger partial charge on any atom is -0.394 e. The molecule has 1 aromatic rings. The normalized spacial score (nSPS) is 9.86. The molecule has 0 spiro atoms. The third-order valence-corrected chi connectivity index (χ3v) is 1.66. The van der Waals surface area contributed by atoms with E-state index >= 15 is 0 Å². The quantitative estimate of drug-likeness (QED) is 0.612. The second-order valence-corrected chi connectivity index (χ2v) is 2.73. The molecule has 0 radical (unpaired) electrons. The molecule has 74 valence electrons. The fraction of sp³-hybridized carbons (Fsp3) is 0.333. The zero-order valence-electron chi connectivity index (χ0n) is 7.51. The molecule has 0 saturated carbocycles. The SMILES string of the molecule is N#Cc1cccc(NC(CO)CO)n1. The van der Waals surface area contributed by atoms with Crippen LogP contribution in [0.5, 0.6) is 0 Å². The molecule has 5 heteroatoms. The van der Waals surface area contributed by atoms with Crippen molar-refractivity contribution in [3.8, 4) is 6.07 Å². The summed E-state index contributed by atoms with van der Waals surface area (Å²) in [6.07, 6.45) is 0. The molecule has 0 saturated heterocycles. The summed E-state index contributed by atoms with van der Waals surface area (Å²) in [5.74, 6) is 0.470. The van der Waals surface area contributed by atoms with Gasteiger partial charge in [-0.15, -0.1) is 0 Å². The number of aromatic nitrogens is 1. The number of nitrogens with one attached hydrogen (secondary N) is 1. The first-order chi connectivity index (χ1) is 6.80. The standard InChI is InChI=1S/C9H11N3O2/c10-4-7-2-1-3-9(11-7)12-8(5-13)6-14/h1-3,8,13-14H,5-6H2,(H,11,12). The lowest BCUT2D eigenvalue weighted by Gasteiger charge is -2.13. The summed E-state index contributed by atoms with van der Waals surface area (Å²) in [7, 11) is 0. The number of hydrogen-bond acceptors (Lipinski definition) is 5. The maximum atomic E-state index is 8.80. The molecule has 1 rings (SSSR count). The third kappa shape index (κ3) is 2.69. The molecule has 5 nitrogen and oxygen atoms in total. The number of anilines is 1. The Hall–Kier alpha value is -1.64. The van der Waals surface area contributed by atoms with Crippen LogP contribution in [0.2, 0.25) is 0 Å². The molecule has 0 amide bonds. The highest BCUT2D eigenvalue weighted by Gasteiger charge is 2.05. The summed E-state index contributed by atoms with van der Waals surface area (Å²) in [6.45, 7) is -0.371. The fourth-order valence-corrected chi connectivity index (χ4v) is 0.936. The first-order valence-electron chi connectivity index (χ1n) is 4.15. The van der Waals surface area contributed by atoms with Crippen LogP contribution in [-0.4, -0.2) is 34.5 Å². The van der Waals surface area contributed by atoms with Crippen LogP contribution in [-0.2, 0) is 0 Å². The van der Waals surface area contributed by atoms with Gasteiger partial charge in [-0.25, -0.2) is 4.98 Å². The Labute approximate surface area is 81.6 Å². The van der Waals surface area contributed by atoms with Crippen LogP contribution in [0.4, 0.5) is 5.82 Å². The van der Waals surface area contributed by atoms with Crippen LogP contribution in [0, 0.1) is 11.3 Å². The molecule has 0 bridgehead atoms. The van der Waals surface area contributed by atoms with Gasteiger partial charge in [0.15, 0.2) is 0 Å². The molecular weight excluding hydrogens is 182 g/mol. The second kappa shape index (κ2) is 5.17. The van der Waals surface area contributed by atoms with Gasteiger partial charge in [0.1, 0.15) is 17.6 Å². The predicted molar refractivity (Wildman–Crippen MR) is 50.5 cm³/mol. The zero-order valence-corrected chi connectivity index (χ0v) is 7.51. The Morgan fingerprint density at radius 1 is 1.43 bits per heavy atom. The van der Waals surface area contributed by atoms with E-state index in [1.165, 1.54) is 0 Å². The van der Waals surface area contributed by atoms with E-state index in [9.17, 15) is 0 Å². The van der Waals surface area contributed by atoms with Crippen molar-refractivity contribution in [2.75, 3.05) is 18.5 Å². The number of aliphatic hydroxyl groups is 2. The average molecular weight is 193 g/mol. The van der Waals surface area contributed by atoms with Crippen LogP contribution in [0.15, 0.2) is 18.2 Å². The number of pyridine rings is 1. The van der Waals surface area contributed by atoms with Crippen molar-refractivity contribution in [3.63, 3.8) is 0 Å². The summed E-state index contributed by atoms with van der Waals surface area (Å²) in [4.78, 5) is 3.93. The van der Waals surface area contributed by atoms with Crippen molar-refractivity contribution in [1.29, 1.82) is 5.26 Å². The van der Waals surface area contributed by atoms with Crippen molar-refractivity contribution < 1.29 is 10.2 Å². The van der Waals surface area contributed by atoms with E-state index in [1.807, 2.05) is 6.07 Å². The molecule has 0 aliphatic heterocycles. The van der Waals surface area contributed by atoms with Crippen molar-refractivity contribution in [2.24, 2.45) is 0 Å². The highest BCUT2D eigenvalue weighted by Crippen LogP contribution is 2.05. The van der Waals surface area contributed by atoms with Crippen LogP contribution in [0.1, 0.15) is 5.69 Å². The Balaban J connectivity index is 2.72. The van der Waals surface area contributed by atoms with Gasteiger partial charge < -0.3 is 15.5 Å². The molecule has 3 N–H and O–H groups in total. The number of aliphatic hydroxyl groups excluding tert-OH is 2. The molecule has 0 fully saturated rings. The minimum absolute atomic E-state index is 0.186. The summed E-state index contributed by atoms with van der Waals surface area (Å²) < 4.78 is 0. The predicted octanol–water partition coefficient (Wildman–Crippen LogP) is -0.282. The summed E-state index contributed by atoms with van der Waals surface area (Å²) in [5.41, 5.74) is 0.296. The lowest BCUT2D eigenvalue weighted by atomic mass is 10.3. The topological polar surface area (TPSA) is 89.2 Å². The molecule has 14 heavy (non-hydrogen) atoms. The van der Waals surface area contributed by atoms with Gasteiger partial charge >= 0.3 is 0 Å². The van der Waals surface area contributed by atoms with Gasteiger partial charge in [0.25, 0.3) is 0 Å². The highest BCUT2D eigenvalue weighted by atomic mass is 16.3. The van der Waals surface area contributed by atoms with Gasteiger partial charge in [0.05, 0.1) is 19.3 Å². The lowest BCUT2D eigenvalue weighted by molar-refractivity contribution is 0.203. The Bertz CT molecular complexity index is 331. The Morgan fingerprint density at radius 2 is 2.14 bits per heavy atom. The van der Waals surface area contributed by atoms with E-state index in [4.69, 9.17) is 15.5 Å². The van der Waals surface area contributed by atoms with Gasteiger partial charge in [-0.2, -0.15) is 5.26 Å². The molecular formula is C9H11N3O2. The van der Waals surface area contributed by atoms with Crippen molar-refractivity contribution >= 4 is 5.82 Å². The number of hydrogen-bond donors (Lipinski definition) is 3. The maximum Gasteiger partial charge on any atom is 0.142 e. The van der Waals surface area contributed by atoms with Crippen LogP contribution in [0.25, 0.3) is 0 Å². The van der Waals surface area contributed by atoms with Gasteiger partial charge in [-0.1, -0.05) is 6.07 Å². The van der Waals surface area contributed by atoms with Crippen LogP contribution >= 0.6 is 0 Å². The lowest BCUT2D eigenvalue weighted by Crippen LogP contribution is -2.28. The van der Waals surface area contributed by atoms with Gasteiger partial charge in [0, 0.05) is 0 Å². The van der Waals surface area contributed by atoms with Crippen molar-refractivity contribution in [3.05, 3.63) is 23.9 Å². The summed E-state index contributed by atoms with van der Waals surface area (Å²) in [6, 6.07) is 6.38. The monoisotopic (exact) mass is 193 g/mol. The summed E-state index contributed by atoms with van der Waals surface area (Å²) >= 11 is 0. The van der Waals surface area contributed by atoms with E-state index in [1.54, 1.807) is 18.2 Å². The number of rotatable bonds is 4. The van der Waals surface area contributed by atoms with Crippen molar-refractivity contribution in [2.45, 2.75) is 6.04 Å². The number of nitrogens with zero attached hydrogens (tertiary/aromatic N) is 2. The van der Waals surface area contributed by atoms with E-state index in [-0.39, 0.29) is 13.2 Å². The molecule has 1 heterocycles. The molecule has 1 aromatic heterocycles. The van der Waals surface area contributed by atoms with Gasteiger partial charge in [-0.3, -0.25) is 0 Å². The first-order valence-corrected chi connectivity index (χ1v) is 4.15. The maximum absolute atomic E-state index is 8.80. The number of nitriles is 1. The van der Waals surface area contributed by atoms with Gasteiger partial charge in [0.2, 0.25) is 0 Å². The van der Waals surface area contributed by atoms with Crippen LogP contribution < -0.4 is 5.32 Å². The second-order valence-electron chi connectivity index (χ2n) is 2.73. The fourth-order valence-electron chi connectivity index (χ4n) is 0.936. The average Bonchev–Trinajstić information content (AvgIpc) is 2.26. The molecule has 0 aromatic carbocycles. The van der Waals surface area contributed by atoms with Crippen LogP contribution in [0.3, 0.4) is 0 Å². The third-order valence-electron chi connectivity index (χ3n) is 1.66. The highest BCUT2D eigenvalue weighted by molar-refractivity contribution is 5.39. The van der Waals surface area contributed by atoms with E-state index in [0.717, 1.165) is 0 Å². The smallest absolute Gasteiger partial charge is 0.142 e.